The van der Waals surface area contributed by atoms with Gasteiger partial charge in [0, 0.05) is 11.8 Å². The molecule has 0 unspecified atom stereocenters. The average molecular weight is 277 g/mol. The summed E-state index contributed by atoms with van der Waals surface area (Å²) in [6.07, 6.45) is 0. The first-order chi connectivity index (χ1) is 9.54. The maximum Gasteiger partial charge on any atom is 0.262 e. The van der Waals surface area contributed by atoms with E-state index in [4.69, 9.17) is 4.74 Å². The molecule has 1 N–H and O–H groups in total. The second-order valence-corrected chi connectivity index (χ2v) is 4.28. The maximum atomic E-state index is 12.9. The molecule has 0 spiro atoms. The number of rotatable bonds is 4. The van der Waals surface area contributed by atoms with Crippen molar-refractivity contribution in [1.29, 1.82) is 0 Å². The SMILES string of the molecule is Cc1cccc(NC(=O)COc2ccc(F)c(F)c2)c1. The van der Waals surface area contributed by atoms with Crippen LogP contribution >= 0.6 is 0 Å². The molecule has 0 saturated carbocycles. The second kappa shape index (κ2) is 6.14. The molecule has 0 aromatic heterocycles. The summed E-state index contributed by atoms with van der Waals surface area (Å²) in [6.45, 7) is 1.63. The van der Waals surface area contributed by atoms with Gasteiger partial charge in [-0.15, -0.1) is 0 Å². The van der Waals surface area contributed by atoms with E-state index in [0.29, 0.717) is 5.69 Å². The third kappa shape index (κ3) is 3.78. The van der Waals surface area contributed by atoms with E-state index in [9.17, 15) is 13.6 Å². The quantitative estimate of drug-likeness (QED) is 0.931. The van der Waals surface area contributed by atoms with E-state index in [1.165, 1.54) is 6.07 Å². The third-order valence-corrected chi connectivity index (χ3v) is 2.56. The van der Waals surface area contributed by atoms with Gasteiger partial charge in [0.25, 0.3) is 5.91 Å². The van der Waals surface area contributed by atoms with Gasteiger partial charge < -0.3 is 10.1 Å². The van der Waals surface area contributed by atoms with Gasteiger partial charge in [-0.25, -0.2) is 8.78 Å². The van der Waals surface area contributed by atoms with Crippen molar-refractivity contribution in [3.8, 4) is 5.75 Å². The normalized spacial score (nSPS) is 10.2. The number of aryl methyl sites for hydroxylation is 1. The van der Waals surface area contributed by atoms with Gasteiger partial charge in [-0.05, 0) is 36.8 Å². The van der Waals surface area contributed by atoms with Gasteiger partial charge in [0.05, 0.1) is 0 Å². The number of halogens is 2. The Balaban J connectivity index is 1.90. The van der Waals surface area contributed by atoms with Crippen LogP contribution < -0.4 is 10.1 Å². The Kier molecular flexibility index (Phi) is 4.30. The lowest BCUT2D eigenvalue weighted by molar-refractivity contribution is -0.118. The molecule has 0 radical (unpaired) electrons. The van der Waals surface area contributed by atoms with Crippen LogP contribution in [0.5, 0.6) is 5.75 Å². The topological polar surface area (TPSA) is 38.3 Å². The molecule has 5 heteroatoms. The van der Waals surface area contributed by atoms with E-state index in [1.54, 1.807) is 6.07 Å². The predicted molar refractivity (Wildman–Crippen MR) is 71.7 cm³/mol. The highest BCUT2D eigenvalue weighted by molar-refractivity contribution is 5.91. The molecule has 2 aromatic rings. The van der Waals surface area contributed by atoms with Crippen LogP contribution in [0.3, 0.4) is 0 Å². The number of hydrogen-bond donors (Lipinski definition) is 1. The Morgan fingerprint density at radius 3 is 2.65 bits per heavy atom. The molecule has 0 bridgehead atoms. The number of amides is 1. The summed E-state index contributed by atoms with van der Waals surface area (Å²) < 4.78 is 30.7. The van der Waals surface area contributed by atoms with Gasteiger partial charge in [0.2, 0.25) is 0 Å². The van der Waals surface area contributed by atoms with Gasteiger partial charge in [-0.2, -0.15) is 0 Å². The molecular weight excluding hydrogens is 264 g/mol. The summed E-state index contributed by atoms with van der Waals surface area (Å²) in [5.41, 5.74) is 1.67. The van der Waals surface area contributed by atoms with Gasteiger partial charge >= 0.3 is 0 Å². The van der Waals surface area contributed by atoms with E-state index in [1.807, 2.05) is 25.1 Å². The first kappa shape index (κ1) is 14.0. The fraction of sp³-hybridized carbons (Fsp3) is 0.133. The van der Waals surface area contributed by atoms with E-state index >= 15 is 0 Å². The fourth-order valence-electron chi connectivity index (χ4n) is 1.64. The van der Waals surface area contributed by atoms with E-state index in [2.05, 4.69) is 5.32 Å². The van der Waals surface area contributed by atoms with Gasteiger partial charge in [-0.3, -0.25) is 4.79 Å². The molecule has 0 aliphatic carbocycles. The molecule has 0 saturated heterocycles. The summed E-state index contributed by atoms with van der Waals surface area (Å²) in [5, 5.41) is 2.65. The number of nitrogens with one attached hydrogen (secondary N) is 1. The van der Waals surface area contributed by atoms with Crippen molar-refractivity contribution in [3.05, 3.63) is 59.7 Å². The van der Waals surface area contributed by atoms with Crippen molar-refractivity contribution in [1.82, 2.24) is 0 Å². The number of hydrogen-bond acceptors (Lipinski definition) is 2. The molecule has 104 valence electrons. The Morgan fingerprint density at radius 1 is 1.15 bits per heavy atom. The molecular formula is C15H13F2NO2. The molecule has 20 heavy (non-hydrogen) atoms. The minimum absolute atomic E-state index is 0.100. The Bertz CT molecular complexity index is 629. The first-order valence-electron chi connectivity index (χ1n) is 5.99. The van der Waals surface area contributed by atoms with Crippen LogP contribution in [0, 0.1) is 18.6 Å². The molecule has 2 rings (SSSR count). The zero-order valence-corrected chi connectivity index (χ0v) is 10.8. The molecule has 2 aromatic carbocycles. The highest BCUT2D eigenvalue weighted by Crippen LogP contribution is 2.15. The largest absolute Gasteiger partial charge is 0.484 e. The summed E-state index contributed by atoms with van der Waals surface area (Å²) in [7, 11) is 0. The molecule has 0 aliphatic rings. The Labute approximate surface area is 115 Å². The second-order valence-electron chi connectivity index (χ2n) is 4.28. The zero-order valence-electron chi connectivity index (χ0n) is 10.8. The van der Waals surface area contributed by atoms with Crippen molar-refractivity contribution in [2.75, 3.05) is 11.9 Å². The maximum absolute atomic E-state index is 12.9. The predicted octanol–water partition coefficient (Wildman–Crippen LogP) is 3.29. The fourth-order valence-corrected chi connectivity index (χ4v) is 1.64. The van der Waals surface area contributed by atoms with Gasteiger partial charge in [0.15, 0.2) is 18.2 Å². The number of ether oxygens (including phenoxy) is 1. The van der Waals surface area contributed by atoms with Crippen LogP contribution in [-0.4, -0.2) is 12.5 Å². The Morgan fingerprint density at radius 2 is 1.95 bits per heavy atom. The standard InChI is InChI=1S/C15H13F2NO2/c1-10-3-2-4-11(7-10)18-15(19)9-20-12-5-6-13(16)14(17)8-12/h2-8H,9H2,1H3,(H,18,19). The summed E-state index contributed by atoms with van der Waals surface area (Å²) in [6, 6.07) is 10.4. The van der Waals surface area contributed by atoms with Crippen LogP contribution in [0.25, 0.3) is 0 Å². The number of anilines is 1. The lowest BCUT2D eigenvalue weighted by atomic mass is 10.2. The third-order valence-electron chi connectivity index (χ3n) is 2.56. The summed E-state index contributed by atoms with van der Waals surface area (Å²) in [4.78, 5) is 11.6. The van der Waals surface area contributed by atoms with Crippen molar-refractivity contribution >= 4 is 11.6 Å². The van der Waals surface area contributed by atoms with Crippen LogP contribution in [0.2, 0.25) is 0 Å². The van der Waals surface area contributed by atoms with Gasteiger partial charge in [0.1, 0.15) is 5.75 Å². The molecule has 0 aliphatic heterocycles. The summed E-state index contributed by atoms with van der Waals surface area (Å²) >= 11 is 0. The first-order valence-corrected chi connectivity index (χ1v) is 5.99. The van der Waals surface area contributed by atoms with E-state index in [-0.39, 0.29) is 18.3 Å². The number of benzene rings is 2. The van der Waals surface area contributed by atoms with Crippen molar-refractivity contribution in [2.24, 2.45) is 0 Å². The van der Waals surface area contributed by atoms with Crippen LogP contribution in [0.15, 0.2) is 42.5 Å². The molecule has 0 heterocycles. The zero-order chi connectivity index (χ0) is 14.5. The summed E-state index contributed by atoms with van der Waals surface area (Å²) in [5.74, 6) is -2.24. The van der Waals surface area contributed by atoms with Crippen LogP contribution in [-0.2, 0) is 4.79 Å². The van der Waals surface area contributed by atoms with Crippen molar-refractivity contribution in [3.63, 3.8) is 0 Å². The van der Waals surface area contributed by atoms with Crippen molar-refractivity contribution in [2.45, 2.75) is 6.92 Å². The molecule has 0 atom stereocenters. The van der Waals surface area contributed by atoms with Gasteiger partial charge in [-0.1, -0.05) is 12.1 Å². The minimum Gasteiger partial charge on any atom is -0.484 e. The number of carbonyl (C=O) groups excluding carboxylic acids is 1. The lowest BCUT2D eigenvalue weighted by Crippen LogP contribution is -2.20. The van der Waals surface area contributed by atoms with Crippen LogP contribution in [0.4, 0.5) is 14.5 Å². The lowest BCUT2D eigenvalue weighted by Gasteiger charge is -2.08. The smallest absolute Gasteiger partial charge is 0.262 e. The monoisotopic (exact) mass is 277 g/mol. The molecule has 3 nitrogen and oxygen atoms in total. The number of carbonyl (C=O) groups is 1. The highest BCUT2D eigenvalue weighted by Gasteiger charge is 2.06. The van der Waals surface area contributed by atoms with E-state index < -0.39 is 11.6 Å². The highest BCUT2D eigenvalue weighted by atomic mass is 19.2. The van der Waals surface area contributed by atoms with Crippen molar-refractivity contribution < 1.29 is 18.3 Å². The minimum atomic E-state index is -1.01. The van der Waals surface area contributed by atoms with Crippen LogP contribution in [0.1, 0.15) is 5.56 Å². The Hall–Kier alpha value is -2.43. The average Bonchev–Trinajstić information content (AvgIpc) is 2.40. The molecule has 1 amide bonds. The van der Waals surface area contributed by atoms with E-state index in [0.717, 1.165) is 17.7 Å². The molecule has 0 fully saturated rings.